The third kappa shape index (κ3) is 2.92. The molecule has 2 rings (SSSR count). The van der Waals surface area contributed by atoms with Gasteiger partial charge in [0.05, 0.1) is 12.7 Å². The summed E-state index contributed by atoms with van der Waals surface area (Å²) in [5, 5.41) is 3.51. The lowest BCUT2D eigenvalue weighted by Crippen LogP contribution is -2.46. The normalized spacial score (nSPS) is 32.2. The van der Waals surface area contributed by atoms with Crippen LogP contribution < -0.4 is 5.32 Å². The molecule has 0 radical (unpaired) electrons. The van der Waals surface area contributed by atoms with Gasteiger partial charge in [0.15, 0.2) is 0 Å². The van der Waals surface area contributed by atoms with Crippen LogP contribution in [0.2, 0.25) is 0 Å². The van der Waals surface area contributed by atoms with Crippen LogP contribution >= 0.6 is 0 Å². The van der Waals surface area contributed by atoms with Crippen LogP contribution in [-0.2, 0) is 4.74 Å². The fourth-order valence-corrected chi connectivity index (χ4v) is 2.85. The predicted molar refractivity (Wildman–Crippen MR) is 62.0 cm³/mol. The van der Waals surface area contributed by atoms with Crippen molar-refractivity contribution in [2.75, 3.05) is 32.8 Å². The summed E-state index contributed by atoms with van der Waals surface area (Å²) in [5.41, 5.74) is 0. The van der Waals surface area contributed by atoms with Gasteiger partial charge in [-0.2, -0.15) is 0 Å². The SMILES string of the molecule is CC(C)OCCN1CCCC2CNCC21. The minimum Gasteiger partial charge on any atom is -0.377 e. The van der Waals surface area contributed by atoms with Crippen LogP contribution in [0.3, 0.4) is 0 Å². The van der Waals surface area contributed by atoms with Gasteiger partial charge in [-0.3, -0.25) is 4.90 Å². The summed E-state index contributed by atoms with van der Waals surface area (Å²) in [5.74, 6) is 0.901. The molecule has 3 heteroatoms. The minimum atomic E-state index is 0.368. The molecule has 2 unspecified atom stereocenters. The molecule has 0 aromatic carbocycles. The molecule has 0 saturated carbocycles. The van der Waals surface area contributed by atoms with Crippen LogP contribution in [0.5, 0.6) is 0 Å². The van der Waals surface area contributed by atoms with E-state index in [0.717, 1.165) is 25.1 Å². The molecule has 0 aliphatic carbocycles. The van der Waals surface area contributed by atoms with Crippen LogP contribution in [0.15, 0.2) is 0 Å². The molecule has 0 bridgehead atoms. The van der Waals surface area contributed by atoms with Gasteiger partial charge in [0, 0.05) is 19.1 Å². The molecule has 2 fully saturated rings. The lowest BCUT2D eigenvalue weighted by Gasteiger charge is -2.37. The van der Waals surface area contributed by atoms with Gasteiger partial charge >= 0.3 is 0 Å². The van der Waals surface area contributed by atoms with E-state index in [-0.39, 0.29) is 0 Å². The Morgan fingerprint density at radius 3 is 3.07 bits per heavy atom. The average Bonchev–Trinajstić information content (AvgIpc) is 2.65. The van der Waals surface area contributed by atoms with Gasteiger partial charge in [-0.15, -0.1) is 0 Å². The first-order valence-corrected chi connectivity index (χ1v) is 6.33. The molecule has 0 spiro atoms. The molecule has 88 valence electrons. The number of fused-ring (bicyclic) bond motifs is 1. The van der Waals surface area contributed by atoms with Crippen molar-refractivity contribution in [2.45, 2.75) is 38.8 Å². The zero-order valence-electron chi connectivity index (χ0n) is 10.0. The summed E-state index contributed by atoms with van der Waals surface area (Å²) >= 11 is 0. The van der Waals surface area contributed by atoms with Gasteiger partial charge in [0.25, 0.3) is 0 Å². The second-order valence-corrected chi connectivity index (χ2v) is 5.08. The number of piperidine rings is 1. The molecule has 0 amide bonds. The Kier molecular flexibility index (Phi) is 4.00. The largest absolute Gasteiger partial charge is 0.377 e. The molecule has 3 nitrogen and oxygen atoms in total. The molecular weight excluding hydrogens is 188 g/mol. The zero-order valence-corrected chi connectivity index (χ0v) is 10.0. The highest BCUT2D eigenvalue weighted by atomic mass is 16.5. The summed E-state index contributed by atoms with van der Waals surface area (Å²) < 4.78 is 5.63. The van der Waals surface area contributed by atoms with E-state index in [0.29, 0.717) is 6.10 Å². The third-order valence-electron chi connectivity index (χ3n) is 3.62. The third-order valence-corrected chi connectivity index (χ3v) is 3.62. The van der Waals surface area contributed by atoms with Crippen molar-refractivity contribution in [1.29, 1.82) is 0 Å². The molecular formula is C12H24N2O. The molecule has 2 heterocycles. The fraction of sp³-hybridized carbons (Fsp3) is 1.00. The van der Waals surface area contributed by atoms with Crippen molar-refractivity contribution < 1.29 is 4.74 Å². The van der Waals surface area contributed by atoms with Crippen molar-refractivity contribution in [3.8, 4) is 0 Å². The molecule has 0 aromatic rings. The second kappa shape index (κ2) is 5.28. The van der Waals surface area contributed by atoms with E-state index in [1.807, 2.05) is 0 Å². The highest BCUT2D eigenvalue weighted by Gasteiger charge is 2.34. The van der Waals surface area contributed by atoms with Crippen LogP contribution in [0.4, 0.5) is 0 Å². The number of hydrogen-bond donors (Lipinski definition) is 1. The van der Waals surface area contributed by atoms with Gasteiger partial charge in [-0.1, -0.05) is 0 Å². The van der Waals surface area contributed by atoms with E-state index < -0.39 is 0 Å². The fourth-order valence-electron chi connectivity index (χ4n) is 2.85. The van der Waals surface area contributed by atoms with E-state index in [1.54, 1.807) is 0 Å². The molecule has 2 saturated heterocycles. The topological polar surface area (TPSA) is 24.5 Å². The Morgan fingerprint density at radius 1 is 1.40 bits per heavy atom. The maximum atomic E-state index is 5.63. The maximum Gasteiger partial charge on any atom is 0.0597 e. The number of nitrogens with one attached hydrogen (secondary N) is 1. The Balaban J connectivity index is 1.75. The summed E-state index contributed by atoms with van der Waals surface area (Å²) in [6, 6.07) is 0.787. The lowest BCUT2D eigenvalue weighted by molar-refractivity contribution is 0.0352. The predicted octanol–water partition coefficient (Wildman–Crippen LogP) is 1.10. The first-order chi connectivity index (χ1) is 7.27. The van der Waals surface area contributed by atoms with Crippen LogP contribution in [0, 0.1) is 5.92 Å². The van der Waals surface area contributed by atoms with Crippen LogP contribution in [0.25, 0.3) is 0 Å². The summed E-state index contributed by atoms with van der Waals surface area (Å²) in [4.78, 5) is 2.62. The first-order valence-electron chi connectivity index (χ1n) is 6.33. The molecule has 2 aliphatic rings. The maximum absolute atomic E-state index is 5.63. The molecule has 2 atom stereocenters. The van der Waals surface area contributed by atoms with Crippen molar-refractivity contribution in [1.82, 2.24) is 10.2 Å². The molecule has 0 aromatic heterocycles. The highest BCUT2D eigenvalue weighted by Crippen LogP contribution is 2.25. The van der Waals surface area contributed by atoms with Crippen molar-refractivity contribution >= 4 is 0 Å². The molecule has 1 N–H and O–H groups in total. The molecule has 2 aliphatic heterocycles. The van der Waals surface area contributed by atoms with E-state index in [2.05, 4.69) is 24.1 Å². The minimum absolute atomic E-state index is 0.368. The van der Waals surface area contributed by atoms with Crippen molar-refractivity contribution in [3.05, 3.63) is 0 Å². The zero-order chi connectivity index (χ0) is 10.7. The van der Waals surface area contributed by atoms with Gasteiger partial charge in [0.2, 0.25) is 0 Å². The van der Waals surface area contributed by atoms with E-state index >= 15 is 0 Å². The summed E-state index contributed by atoms with van der Waals surface area (Å²) in [6.45, 7) is 9.90. The quantitative estimate of drug-likeness (QED) is 0.755. The average molecular weight is 212 g/mol. The number of hydrogen-bond acceptors (Lipinski definition) is 3. The second-order valence-electron chi connectivity index (χ2n) is 5.08. The number of ether oxygens (including phenoxy) is 1. The van der Waals surface area contributed by atoms with Gasteiger partial charge in [0.1, 0.15) is 0 Å². The Labute approximate surface area is 93.2 Å². The van der Waals surface area contributed by atoms with Gasteiger partial charge in [-0.25, -0.2) is 0 Å². The highest BCUT2D eigenvalue weighted by molar-refractivity contribution is 4.91. The number of rotatable bonds is 4. The van der Waals surface area contributed by atoms with E-state index in [9.17, 15) is 0 Å². The summed E-state index contributed by atoms with van der Waals surface area (Å²) in [7, 11) is 0. The monoisotopic (exact) mass is 212 g/mol. The smallest absolute Gasteiger partial charge is 0.0597 e. The molecule has 15 heavy (non-hydrogen) atoms. The lowest BCUT2D eigenvalue weighted by atomic mass is 9.92. The standard InChI is InChI=1S/C12H24N2O/c1-10(2)15-7-6-14-5-3-4-11-8-13-9-12(11)14/h10-13H,3-9H2,1-2H3. The Hall–Kier alpha value is -0.120. The van der Waals surface area contributed by atoms with Crippen molar-refractivity contribution in [3.63, 3.8) is 0 Å². The summed E-state index contributed by atoms with van der Waals surface area (Å²) in [6.07, 6.45) is 3.15. The van der Waals surface area contributed by atoms with E-state index in [1.165, 1.54) is 32.5 Å². The number of likely N-dealkylation sites (tertiary alicyclic amines) is 1. The Morgan fingerprint density at radius 2 is 2.27 bits per heavy atom. The van der Waals surface area contributed by atoms with Crippen LogP contribution in [-0.4, -0.2) is 49.8 Å². The first kappa shape index (κ1) is 11.4. The van der Waals surface area contributed by atoms with E-state index in [4.69, 9.17) is 4.74 Å². The Bertz CT molecular complexity index is 196. The van der Waals surface area contributed by atoms with Crippen LogP contribution in [0.1, 0.15) is 26.7 Å². The number of nitrogens with zero attached hydrogens (tertiary/aromatic N) is 1. The van der Waals surface area contributed by atoms with Gasteiger partial charge < -0.3 is 10.1 Å². The van der Waals surface area contributed by atoms with Gasteiger partial charge in [-0.05, 0) is 45.7 Å². The van der Waals surface area contributed by atoms with Crippen molar-refractivity contribution in [2.24, 2.45) is 5.92 Å².